The average Bonchev–Trinajstić information content (AvgIpc) is 3.07. The minimum absolute atomic E-state index is 0.0926. The summed E-state index contributed by atoms with van der Waals surface area (Å²) in [5.74, 6) is -2.24. The second-order valence-corrected chi connectivity index (χ2v) is 13.3. The summed E-state index contributed by atoms with van der Waals surface area (Å²) in [6, 6.07) is 13.1. The first-order chi connectivity index (χ1) is 20.5. The Kier molecular flexibility index (Phi) is 12.3. The topological polar surface area (TPSA) is 145 Å². The van der Waals surface area contributed by atoms with Crippen LogP contribution in [0.2, 0.25) is 0 Å². The van der Waals surface area contributed by atoms with Gasteiger partial charge in [-0.15, -0.1) is 11.8 Å². The number of carboxylic acids is 1. The van der Waals surface area contributed by atoms with Crippen LogP contribution in [0.4, 0.5) is 11.4 Å². The zero-order valence-electron chi connectivity index (χ0n) is 25.2. The standard InChI is InChI=1S/C30H42N4O7S2/c1-5-7-14-30(15-8-6-2)21-34(22-12-10-9-11-13-22)23-16-25(42-4)24(17-26(23)43(39,40)33(30)3)41-20-28(36)31-18-27(35)32-19-29(37)38/h9-13,16-17H,5-8,14-15,18-21H2,1-4H3,(H,31,36)(H,32,35)(H,37,38). The lowest BCUT2D eigenvalue weighted by molar-refractivity contribution is -0.137. The zero-order valence-corrected chi connectivity index (χ0v) is 26.9. The SMILES string of the molecule is CCCCC1(CCCC)CN(c2ccccc2)c2cc(SC)c(OCC(=O)NCC(=O)NCC(=O)O)cc2S(=O)(=O)N1C. The highest BCUT2D eigenvalue weighted by Crippen LogP contribution is 2.47. The highest BCUT2D eigenvalue weighted by Gasteiger charge is 2.47. The highest BCUT2D eigenvalue weighted by molar-refractivity contribution is 7.98. The number of hydrogen-bond acceptors (Lipinski definition) is 8. The molecule has 0 atom stereocenters. The maximum atomic E-state index is 14.4. The molecule has 2 aromatic rings. The van der Waals surface area contributed by atoms with Crippen molar-refractivity contribution >= 4 is 50.9 Å². The van der Waals surface area contributed by atoms with Gasteiger partial charge in [0, 0.05) is 25.3 Å². The summed E-state index contributed by atoms with van der Waals surface area (Å²) in [6.45, 7) is 3.26. The molecule has 1 aliphatic rings. The Morgan fingerprint density at radius 1 is 1.00 bits per heavy atom. The van der Waals surface area contributed by atoms with E-state index < -0.39 is 53.0 Å². The molecule has 0 aliphatic carbocycles. The number of fused-ring (bicyclic) bond motifs is 1. The van der Waals surface area contributed by atoms with E-state index in [9.17, 15) is 22.8 Å². The second kappa shape index (κ2) is 15.4. The van der Waals surface area contributed by atoms with Crippen molar-refractivity contribution in [2.24, 2.45) is 0 Å². The smallest absolute Gasteiger partial charge is 0.322 e. The summed E-state index contributed by atoms with van der Waals surface area (Å²) in [7, 11) is -2.32. The third-order valence-corrected chi connectivity index (χ3v) is 10.3. The van der Waals surface area contributed by atoms with Gasteiger partial charge >= 0.3 is 5.97 Å². The molecule has 1 heterocycles. The number of carbonyl (C=O) groups excluding carboxylic acids is 2. The molecule has 43 heavy (non-hydrogen) atoms. The van der Waals surface area contributed by atoms with Gasteiger partial charge in [0.1, 0.15) is 17.2 Å². The summed E-state index contributed by atoms with van der Waals surface area (Å²) in [5, 5.41) is 13.2. The van der Waals surface area contributed by atoms with Gasteiger partial charge in [0.2, 0.25) is 15.9 Å². The Morgan fingerprint density at radius 2 is 1.63 bits per heavy atom. The molecule has 13 heteroatoms. The van der Waals surface area contributed by atoms with Crippen molar-refractivity contribution in [3.63, 3.8) is 0 Å². The lowest BCUT2D eigenvalue weighted by Gasteiger charge is -2.42. The summed E-state index contributed by atoms with van der Waals surface area (Å²) in [4.78, 5) is 37.6. The molecule has 236 valence electrons. The maximum Gasteiger partial charge on any atom is 0.322 e. The molecule has 3 N–H and O–H groups in total. The van der Waals surface area contributed by atoms with Crippen LogP contribution in [0.5, 0.6) is 5.75 Å². The molecular weight excluding hydrogens is 592 g/mol. The number of amides is 2. The molecule has 2 amide bonds. The number of para-hydroxylation sites is 1. The largest absolute Gasteiger partial charge is 0.483 e. The fourth-order valence-corrected chi connectivity index (χ4v) is 7.44. The molecule has 0 bridgehead atoms. The van der Waals surface area contributed by atoms with Crippen molar-refractivity contribution in [1.82, 2.24) is 14.9 Å². The fourth-order valence-electron chi connectivity index (χ4n) is 5.16. The molecule has 0 saturated carbocycles. The number of hydrogen-bond donors (Lipinski definition) is 3. The number of nitrogens with zero attached hydrogens (tertiary/aromatic N) is 2. The lowest BCUT2D eigenvalue weighted by Crippen LogP contribution is -2.53. The van der Waals surface area contributed by atoms with E-state index in [1.807, 2.05) is 36.6 Å². The molecule has 0 fully saturated rings. The Bertz CT molecular complexity index is 1380. The van der Waals surface area contributed by atoms with E-state index in [-0.39, 0.29) is 10.6 Å². The van der Waals surface area contributed by atoms with Gasteiger partial charge in [0.15, 0.2) is 6.61 Å². The van der Waals surface area contributed by atoms with Gasteiger partial charge < -0.3 is 25.4 Å². The van der Waals surface area contributed by atoms with E-state index in [2.05, 4.69) is 29.4 Å². The number of rotatable bonds is 15. The molecule has 3 rings (SSSR count). The summed E-state index contributed by atoms with van der Waals surface area (Å²) >= 11 is 1.37. The average molecular weight is 635 g/mol. The molecular formula is C30H42N4O7S2. The van der Waals surface area contributed by atoms with E-state index >= 15 is 0 Å². The van der Waals surface area contributed by atoms with Gasteiger partial charge in [-0.2, -0.15) is 4.31 Å². The monoisotopic (exact) mass is 634 g/mol. The van der Waals surface area contributed by atoms with E-state index in [4.69, 9.17) is 9.84 Å². The Labute approximate surface area is 258 Å². The van der Waals surface area contributed by atoms with Crippen LogP contribution in [0.3, 0.4) is 0 Å². The van der Waals surface area contributed by atoms with Crippen LogP contribution in [0.1, 0.15) is 52.4 Å². The number of anilines is 2. The number of thioether (sulfide) groups is 1. The molecule has 11 nitrogen and oxygen atoms in total. The molecule has 0 radical (unpaired) electrons. The van der Waals surface area contributed by atoms with Crippen LogP contribution >= 0.6 is 11.8 Å². The second-order valence-electron chi connectivity index (χ2n) is 10.5. The number of carbonyl (C=O) groups is 3. The summed E-state index contributed by atoms with van der Waals surface area (Å²) in [6.07, 6.45) is 6.94. The lowest BCUT2D eigenvalue weighted by atomic mass is 9.86. The van der Waals surface area contributed by atoms with Gasteiger partial charge in [-0.1, -0.05) is 57.7 Å². The Morgan fingerprint density at radius 3 is 2.21 bits per heavy atom. The predicted octanol–water partition coefficient (Wildman–Crippen LogP) is 4.00. The van der Waals surface area contributed by atoms with Crippen LogP contribution in [-0.4, -0.2) is 80.7 Å². The van der Waals surface area contributed by atoms with Crippen molar-refractivity contribution in [2.75, 3.05) is 44.4 Å². The van der Waals surface area contributed by atoms with Gasteiger partial charge in [0.25, 0.3) is 5.91 Å². The Hall–Kier alpha value is -3.29. The number of aliphatic carboxylic acids is 1. The minimum atomic E-state index is -3.99. The van der Waals surface area contributed by atoms with E-state index in [0.29, 0.717) is 17.1 Å². The maximum absolute atomic E-state index is 14.4. The van der Waals surface area contributed by atoms with Crippen LogP contribution in [-0.2, 0) is 24.4 Å². The van der Waals surface area contributed by atoms with Gasteiger partial charge in [-0.05, 0) is 37.3 Å². The third kappa shape index (κ3) is 8.42. The normalized spacial score (nSPS) is 15.7. The number of nitrogens with one attached hydrogen (secondary N) is 2. The predicted molar refractivity (Wildman–Crippen MR) is 168 cm³/mol. The Balaban J connectivity index is 2.02. The van der Waals surface area contributed by atoms with Crippen LogP contribution < -0.4 is 20.3 Å². The van der Waals surface area contributed by atoms with Crippen LogP contribution in [0, 0.1) is 0 Å². The first kappa shape index (κ1) is 34.2. The number of sulfonamides is 1. The summed E-state index contributed by atoms with van der Waals surface area (Å²) < 4.78 is 36.2. The number of ether oxygens (including phenoxy) is 1. The van der Waals surface area contributed by atoms with E-state index in [1.54, 1.807) is 17.4 Å². The molecule has 0 spiro atoms. The third-order valence-electron chi connectivity index (χ3n) is 7.60. The number of carboxylic acid groups (broad SMARTS) is 1. The molecule has 2 aromatic carbocycles. The van der Waals surface area contributed by atoms with E-state index in [0.717, 1.165) is 44.2 Å². The van der Waals surface area contributed by atoms with Crippen molar-refractivity contribution in [1.29, 1.82) is 0 Å². The van der Waals surface area contributed by atoms with Gasteiger partial charge in [0.05, 0.1) is 22.7 Å². The molecule has 0 saturated heterocycles. The fraction of sp³-hybridized carbons (Fsp3) is 0.500. The number of unbranched alkanes of at least 4 members (excludes halogenated alkanes) is 2. The van der Waals surface area contributed by atoms with Gasteiger partial charge in [-0.3, -0.25) is 14.4 Å². The van der Waals surface area contributed by atoms with Crippen molar-refractivity contribution in [3.8, 4) is 5.75 Å². The van der Waals surface area contributed by atoms with Crippen molar-refractivity contribution < 1.29 is 32.6 Å². The zero-order chi connectivity index (χ0) is 31.6. The number of likely N-dealkylation sites (N-methyl/N-ethyl adjacent to an activating group) is 1. The minimum Gasteiger partial charge on any atom is -0.483 e. The first-order valence-electron chi connectivity index (χ1n) is 14.4. The summed E-state index contributed by atoms with van der Waals surface area (Å²) in [5.41, 5.74) is 0.790. The van der Waals surface area contributed by atoms with Crippen molar-refractivity contribution in [3.05, 3.63) is 42.5 Å². The first-order valence-corrected chi connectivity index (χ1v) is 17.1. The molecule has 0 aromatic heterocycles. The molecule has 1 aliphatic heterocycles. The van der Waals surface area contributed by atoms with Crippen LogP contribution in [0.25, 0.3) is 0 Å². The highest BCUT2D eigenvalue weighted by atomic mass is 32.2. The van der Waals surface area contributed by atoms with Crippen molar-refractivity contribution in [2.45, 2.75) is 67.7 Å². The quantitative estimate of drug-likeness (QED) is 0.248. The van der Waals surface area contributed by atoms with Gasteiger partial charge in [-0.25, -0.2) is 8.42 Å². The van der Waals surface area contributed by atoms with E-state index in [1.165, 1.54) is 17.8 Å². The number of benzene rings is 2. The van der Waals surface area contributed by atoms with Crippen LogP contribution in [0.15, 0.2) is 52.3 Å². The molecule has 0 unspecified atom stereocenters.